The van der Waals surface area contributed by atoms with Crippen molar-refractivity contribution in [3.05, 3.63) is 89.7 Å². The summed E-state index contributed by atoms with van der Waals surface area (Å²) in [6, 6.07) is 20.9. The SMILES string of the molecule is Cc1cccc(C)c1NC(=O)CNC(=O)c1ccc(-n2cnc3ccccc32)cc1. The molecule has 2 N–H and O–H groups in total. The maximum atomic E-state index is 12.4. The highest BCUT2D eigenvalue weighted by molar-refractivity contribution is 6.00. The average molecular weight is 398 g/mol. The maximum Gasteiger partial charge on any atom is 0.251 e. The summed E-state index contributed by atoms with van der Waals surface area (Å²) in [5.74, 6) is -0.559. The zero-order valence-corrected chi connectivity index (χ0v) is 16.8. The molecule has 4 aromatic rings. The number of nitrogens with one attached hydrogen (secondary N) is 2. The summed E-state index contributed by atoms with van der Waals surface area (Å²) in [4.78, 5) is 29.1. The highest BCUT2D eigenvalue weighted by atomic mass is 16.2. The largest absolute Gasteiger partial charge is 0.343 e. The highest BCUT2D eigenvalue weighted by Crippen LogP contribution is 2.20. The molecule has 0 atom stereocenters. The Morgan fingerprint density at radius 1 is 0.900 bits per heavy atom. The Kier molecular flexibility index (Phi) is 5.30. The van der Waals surface area contributed by atoms with Gasteiger partial charge in [0.2, 0.25) is 5.91 Å². The van der Waals surface area contributed by atoms with Crippen molar-refractivity contribution in [2.45, 2.75) is 13.8 Å². The molecule has 0 saturated carbocycles. The molecule has 1 heterocycles. The lowest BCUT2D eigenvalue weighted by Gasteiger charge is -2.12. The molecule has 0 unspecified atom stereocenters. The van der Waals surface area contributed by atoms with Gasteiger partial charge in [-0.05, 0) is 61.4 Å². The van der Waals surface area contributed by atoms with Crippen molar-refractivity contribution < 1.29 is 9.59 Å². The number of rotatable bonds is 5. The van der Waals surface area contributed by atoms with Gasteiger partial charge in [-0.2, -0.15) is 0 Å². The van der Waals surface area contributed by atoms with E-state index in [1.165, 1.54) is 0 Å². The number of aromatic nitrogens is 2. The van der Waals surface area contributed by atoms with Crippen LogP contribution in [-0.4, -0.2) is 27.9 Å². The first-order valence-corrected chi connectivity index (χ1v) is 9.70. The molecule has 0 aliphatic rings. The molecule has 0 bridgehead atoms. The Hall–Kier alpha value is -3.93. The van der Waals surface area contributed by atoms with E-state index in [1.54, 1.807) is 18.5 Å². The summed E-state index contributed by atoms with van der Waals surface area (Å²) >= 11 is 0. The lowest BCUT2D eigenvalue weighted by molar-refractivity contribution is -0.115. The third-order valence-electron chi connectivity index (χ3n) is 5.02. The molecule has 150 valence electrons. The van der Waals surface area contributed by atoms with E-state index in [2.05, 4.69) is 15.6 Å². The Morgan fingerprint density at radius 3 is 2.33 bits per heavy atom. The van der Waals surface area contributed by atoms with E-state index in [-0.39, 0.29) is 18.4 Å². The topological polar surface area (TPSA) is 76.0 Å². The van der Waals surface area contributed by atoms with E-state index in [0.717, 1.165) is 33.5 Å². The number of amides is 2. The minimum Gasteiger partial charge on any atom is -0.343 e. The van der Waals surface area contributed by atoms with Crippen LogP contribution < -0.4 is 10.6 Å². The number of imidazole rings is 1. The van der Waals surface area contributed by atoms with Crippen molar-refractivity contribution in [1.29, 1.82) is 0 Å². The molecule has 4 rings (SSSR count). The van der Waals surface area contributed by atoms with Crippen LogP contribution in [0, 0.1) is 13.8 Å². The van der Waals surface area contributed by atoms with Gasteiger partial charge in [-0.15, -0.1) is 0 Å². The first kappa shape index (κ1) is 19.4. The molecule has 30 heavy (non-hydrogen) atoms. The third-order valence-corrected chi connectivity index (χ3v) is 5.02. The van der Waals surface area contributed by atoms with E-state index in [4.69, 9.17) is 0 Å². The normalized spacial score (nSPS) is 10.7. The predicted octanol–water partition coefficient (Wildman–Crippen LogP) is 4.01. The van der Waals surface area contributed by atoms with Crippen LogP contribution in [0.2, 0.25) is 0 Å². The van der Waals surface area contributed by atoms with Crippen LogP contribution in [0.5, 0.6) is 0 Å². The summed E-state index contributed by atoms with van der Waals surface area (Å²) in [6.07, 6.45) is 1.76. The predicted molar refractivity (Wildman–Crippen MR) is 118 cm³/mol. The van der Waals surface area contributed by atoms with E-state index < -0.39 is 0 Å². The van der Waals surface area contributed by atoms with Gasteiger partial charge in [0, 0.05) is 16.9 Å². The third kappa shape index (κ3) is 3.93. The summed E-state index contributed by atoms with van der Waals surface area (Å²) in [7, 11) is 0. The standard InChI is InChI=1S/C24H22N4O2/c1-16-6-5-7-17(2)23(16)27-22(29)14-25-24(30)18-10-12-19(13-11-18)28-15-26-20-8-3-4-9-21(20)28/h3-13,15H,14H2,1-2H3,(H,25,30)(H,27,29). The van der Waals surface area contributed by atoms with Crippen LogP contribution in [0.1, 0.15) is 21.5 Å². The van der Waals surface area contributed by atoms with Crippen LogP contribution in [0.15, 0.2) is 73.1 Å². The first-order valence-electron chi connectivity index (χ1n) is 9.70. The number of carbonyl (C=O) groups is 2. The monoisotopic (exact) mass is 398 g/mol. The first-order chi connectivity index (χ1) is 14.5. The minimum atomic E-state index is -0.298. The summed E-state index contributed by atoms with van der Waals surface area (Å²) < 4.78 is 1.97. The second-order valence-electron chi connectivity index (χ2n) is 7.15. The molecule has 3 aromatic carbocycles. The lowest BCUT2D eigenvalue weighted by Crippen LogP contribution is -2.33. The van der Waals surface area contributed by atoms with Gasteiger partial charge in [-0.1, -0.05) is 30.3 Å². The van der Waals surface area contributed by atoms with Gasteiger partial charge >= 0.3 is 0 Å². The fourth-order valence-electron chi connectivity index (χ4n) is 3.40. The lowest BCUT2D eigenvalue weighted by atomic mass is 10.1. The fourth-order valence-corrected chi connectivity index (χ4v) is 3.40. The molecular weight excluding hydrogens is 376 g/mol. The average Bonchev–Trinajstić information content (AvgIpc) is 3.19. The number of benzene rings is 3. The van der Waals surface area contributed by atoms with Crippen LogP contribution in [0.3, 0.4) is 0 Å². The van der Waals surface area contributed by atoms with Crippen molar-refractivity contribution in [3.63, 3.8) is 0 Å². The van der Waals surface area contributed by atoms with Crippen molar-refractivity contribution in [3.8, 4) is 5.69 Å². The zero-order valence-electron chi connectivity index (χ0n) is 16.8. The van der Waals surface area contributed by atoms with Gasteiger partial charge in [-0.3, -0.25) is 14.2 Å². The van der Waals surface area contributed by atoms with E-state index >= 15 is 0 Å². The molecule has 2 amide bonds. The molecule has 0 aliphatic carbocycles. The van der Waals surface area contributed by atoms with Gasteiger partial charge in [-0.25, -0.2) is 4.98 Å². The van der Waals surface area contributed by atoms with Gasteiger partial charge in [0.05, 0.1) is 17.6 Å². The molecule has 0 saturated heterocycles. The second kappa shape index (κ2) is 8.21. The summed E-state index contributed by atoms with van der Waals surface area (Å²) in [6.45, 7) is 3.78. The Morgan fingerprint density at radius 2 is 1.60 bits per heavy atom. The number of anilines is 1. The van der Waals surface area contributed by atoms with Crippen LogP contribution in [0.25, 0.3) is 16.7 Å². The summed E-state index contributed by atoms with van der Waals surface area (Å²) in [5.41, 5.74) is 6.06. The fraction of sp³-hybridized carbons (Fsp3) is 0.125. The van der Waals surface area contributed by atoms with Crippen molar-refractivity contribution >= 4 is 28.5 Å². The van der Waals surface area contributed by atoms with Gasteiger partial charge in [0.25, 0.3) is 5.91 Å². The van der Waals surface area contributed by atoms with Gasteiger partial charge in [0.1, 0.15) is 6.33 Å². The minimum absolute atomic E-state index is 0.0967. The number of nitrogens with zero attached hydrogens (tertiary/aromatic N) is 2. The smallest absolute Gasteiger partial charge is 0.251 e. The molecule has 0 radical (unpaired) electrons. The van der Waals surface area contributed by atoms with Crippen molar-refractivity contribution in [2.24, 2.45) is 0 Å². The van der Waals surface area contributed by atoms with Crippen LogP contribution >= 0.6 is 0 Å². The van der Waals surface area contributed by atoms with Crippen LogP contribution in [0.4, 0.5) is 5.69 Å². The molecular formula is C24H22N4O2. The Labute approximate surface area is 174 Å². The Balaban J connectivity index is 1.40. The molecule has 6 nitrogen and oxygen atoms in total. The summed E-state index contributed by atoms with van der Waals surface area (Å²) in [5, 5.41) is 5.54. The number of para-hydroxylation sites is 3. The van der Waals surface area contributed by atoms with Crippen LogP contribution in [-0.2, 0) is 4.79 Å². The van der Waals surface area contributed by atoms with E-state index in [9.17, 15) is 9.59 Å². The number of aryl methyl sites for hydroxylation is 2. The second-order valence-corrected chi connectivity index (χ2v) is 7.15. The van der Waals surface area contributed by atoms with E-state index in [1.807, 2.05) is 73.0 Å². The molecule has 1 aromatic heterocycles. The van der Waals surface area contributed by atoms with Gasteiger partial charge in [0.15, 0.2) is 0 Å². The Bertz CT molecular complexity index is 1210. The number of carbonyl (C=O) groups excluding carboxylic acids is 2. The molecule has 0 spiro atoms. The molecule has 0 aliphatic heterocycles. The number of hydrogen-bond donors (Lipinski definition) is 2. The maximum absolute atomic E-state index is 12.4. The zero-order chi connectivity index (χ0) is 21.1. The van der Waals surface area contributed by atoms with Crippen molar-refractivity contribution in [1.82, 2.24) is 14.9 Å². The quantitative estimate of drug-likeness (QED) is 0.533. The van der Waals surface area contributed by atoms with E-state index in [0.29, 0.717) is 5.56 Å². The molecule has 0 fully saturated rings. The number of hydrogen-bond acceptors (Lipinski definition) is 3. The molecule has 6 heteroatoms. The van der Waals surface area contributed by atoms with Gasteiger partial charge < -0.3 is 10.6 Å². The number of fused-ring (bicyclic) bond motifs is 1. The highest BCUT2D eigenvalue weighted by Gasteiger charge is 2.11. The van der Waals surface area contributed by atoms with Crippen molar-refractivity contribution in [2.75, 3.05) is 11.9 Å².